The molecule has 1 rings (SSSR count). The van der Waals surface area contributed by atoms with Gasteiger partial charge in [0.25, 0.3) is 5.56 Å². The Morgan fingerprint density at radius 1 is 1.55 bits per heavy atom. The summed E-state index contributed by atoms with van der Waals surface area (Å²) in [7, 11) is 1.68. The largest absolute Gasteiger partial charge is 2.00 e. The molecule has 1 aromatic rings. The zero-order valence-electron chi connectivity index (χ0n) is 5.28. The molecule has 0 aliphatic heterocycles. The van der Waals surface area contributed by atoms with Gasteiger partial charge in [0.2, 0.25) is 0 Å². The van der Waals surface area contributed by atoms with Gasteiger partial charge in [-0.1, -0.05) is 11.6 Å². The standard InChI is InChI=1S/C4H4ClNOS.2ClH.Cu/c1-6-4(7)2-3(5)8-6;;;/h2H,1H3;2*1H;/q;;;+2/p-2. The van der Waals surface area contributed by atoms with Gasteiger partial charge in [-0.15, -0.1) is 0 Å². The first-order chi connectivity index (χ1) is 3.70. The van der Waals surface area contributed by atoms with Crippen molar-refractivity contribution in [3.05, 3.63) is 20.8 Å². The van der Waals surface area contributed by atoms with Crippen LogP contribution in [-0.4, -0.2) is 3.96 Å². The van der Waals surface area contributed by atoms with Crippen LogP contribution in [0.25, 0.3) is 0 Å². The van der Waals surface area contributed by atoms with Crippen molar-refractivity contribution in [3.8, 4) is 0 Å². The van der Waals surface area contributed by atoms with Gasteiger partial charge in [-0.2, -0.15) is 0 Å². The molecule has 0 fully saturated rings. The van der Waals surface area contributed by atoms with Crippen LogP contribution >= 0.6 is 23.1 Å². The molecule has 2 nitrogen and oxygen atoms in total. The van der Waals surface area contributed by atoms with E-state index < -0.39 is 0 Å². The maximum Gasteiger partial charge on any atom is 2.00 e. The third kappa shape index (κ3) is 5.12. The van der Waals surface area contributed by atoms with Crippen LogP contribution in [0.15, 0.2) is 10.9 Å². The molecule has 0 saturated heterocycles. The second kappa shape index (κ2) is 7.47. The minimum Gasteiger partial charge on any atom is -1.00 e. The third-order valence-corrected chi connectivity index (χ3v) is 1.83. The van der Waals surface area contributed by atoms with Gasteiger partial charge in [0, 0.05) is 13.1 Å². The van der Waals surface area contributed by atoms with Gasteiger partial charge in [0.05, 0.1) is 0 Å². The number of hydrogen-bond acceptors (Lipinski definition) is 2. The van der Waals surface area contributed by atoms with E-state index in [1.165, 1.54) is 21.6 Å². The number of aryl methyl sites for hydroxylation is 1. The minimum absolute atomic E-state index is 0. The third-order valence-electron chi connectivity index (χ3n) is 0.771. The Balaban J connectivity index is -0.000000213. The molecular weight excluding hydrogens is 280 g/mol. The molecule has 0 amide bonds. The Kier molecular flexibility index (Phi) is 12.1. The average molecular weight is 284 g/mol. The van der Waals surface area contributed by atoms with Crippen LogP contribution < -0.4 is 30.4 Å². The second-order valence-corrected chi connectivity index (χ2v) is 3.18. The summed E-state index contributed by atoms with van der Waals surface area (Å²) in [5.74, 6) is 0. The number of aromatic nitrogens is 1. The first-order valence-electron chi connectivity index (χ1n) is 2.03. The van der Waals surface area contributed by atoms with Gasteiger partial charge in [0.1, 0.15) is 4.34 Å². The van der Waals surface area contributed by atoms with E-state index in [1.54, 1.807) is 7.05 Å². The minimum atomic E-state index is -0.0417. The number of nitrogens with zero attached hydrogens (tertiary/aromatic N) is 1. The van der Waals surface area contributed by atoms with E-state index in [2.05, 4.69) is 0 Å². The van der Waals surface area contributed by atoms with E-state index in [0.29, 0.717) is 4.34 Å². The van der Waals surface area contributed by atoms with Crippen LogP contribution in [-0.2, 0) is 24.1 Å². The monoisotopic (exact) mass is 282 g/mol. The fourth-order valence-corrected chi connectivity index (χ4v) is 1.35. The van der Waals surface area contributed by atoms with E-state index in [-0.39, 0.29) is 47.4 Å². The van der Waals surface area contributed by atoms with Gasteiger partial charge in [0.15, 0.2) is 0 Å². The zero-order chi connectivity index (χ0) is 6.15. The summed E-state index contributed by atoms with van der Waals surface area (Å²) < 4.78 is 2.01. The van der Waals surface area contributed by atoms with Gasteiger partial charge < -0.3 is 24.8 Å². The molecule has 0 spiro atoms. The van der Waals surface area contributed by atoms with Crippen LogP contribution in [0, 0.1) is 0 Å². The van der Waals surface area contributed by atoms with E-state index in [0.717, 1.165) is 0 Å². The first kappa shape index (κ1) is 17.8. The van der Waals surface area contributed by atoms with Crippen molar-refractivity contribution in [2.24, 2.45) is 7.05 Å². The van der Waals surface area contributed by atoms with Gasteiger partial charge in [-0.25, -0.2) is 0 Å². The molecule has 0 aromatic carbocycles. The fraction of sp³-hybridized carbons (Fsp3) is 0.250. The smallest absolute Gasteiger partial charge is 1.00 e. The average Bonchev–Trinajstić information content (AvgIpc) is 1.85. The zero-order valence-corrected chi connectivity index (χ0v) is 9.30. The maximum absolute atomic E-state index is 10.5. The molecule has 11 heavy (non-hydrogen) atoms. The van der Waals surface area contributed by atoms with Crippen LogP contribution in [0.1, 0.15) is 0 Å². The van der Waals surface area contributed by atoms with E-state index >= 15 is 0 Å². The summed E-state index contributed by atoms with van der Waals surface area (Å²) in [4.78, 5) is 10.5. The predicted octanol–water partition coefficient (Wildman–Crippen LogP) is -4.89. The Morgan fingerprint density at radius 2 is 2.00 bits per heavy atom. The molecule has 1 radical (unpaired) electrons. The Morgan fingerprint density at radius 3 is 2.09 bits per heavy atom. The molecule has 1 aromatic heterocycles. The molecule has 0 aliphatic carbocycles. The molecule has 0 bridgehead atoms. The van der Waals surface area contributed by atoms with Crippen LogP contribution in [0.2, 0.25) is 4.34 Å². The molecule has 1 heterocycles. The summed E-state index contributed by atoms with van der Waals surface area (Å²) >= 11 is 6.70. The molecule has 0 saturated carbocycles. The van der Waals surface area contributed by atoms with Crippen LogP contribution in [0.5, 0.6) is 0 Å². The maximum atomic E-state index is 10.5. The molecule has 69 valence electrons. The van der Waals surface area contributed by atoms with Crippen molar-refractivity contribution in [1.29, 1.82) is 0 Å². The van der Waals surface area contributed by atoms with Crippen molar-refractivity contribution < 1.29 is 41.9 Å². The van der Waals surface area contributed by atoms with Crippen molar-refractivity contribution in [1.82, 2.24) is 3.96 Å². The molecule has 0 aliphatic rings. The van der Waals surface area contributed by atoms with Gasteiger partial charge in [-0.05, 0) is 11.5 Å². The quantitative estimate of drug-likeness (QED) is 0.438. The Bertz CT molecular complexity index is 248. The van der Waals surface area contributed by atoms with Crippen molar-refractivity contribution in [2.45, 2.75) is 0 Å². The first-order valence-corrected chi connectivity index (χ1v) is 3.18. The summed E-state index contributed by atoms with van der Waals surface area (Å²) in [5, 5.41) is 0. The molecule has 0 unspecified atom stereocenters. The van der Waals surface area contributed by atoms with E-state index in [4.69, 9.17) is 11.6 Å². The SMILES string of the molecule is Cn1sc(Cl)cc1=O.[Cl-].[Cl-].[Cu+2]. The number of halogens is 3. The summed E-state index contributed by atoms with van der Waals surface area (Å²) in [6.07, 6.45) is 0. The normalized spacial score (nSPS) is 7.09. The van der Waals surface area contributed by atoms with Crippen molar-refractivity contribution in [3.63, 3.8) is 0 Å². The van der Waals surface area contributed by atoms with Crippen molar-refractivity contribution >= 4 is 23.1 Å². The summed E-state index contributed by atoms with van der Waals surface area (Å²) in [5.41, 5.74) is -0.0417. The number of rotatable bonds is 0. The predicted molar refractivity (Wildman–Crippen MR) is 34.6 cm³/mol. The van der Waals surface area contributed by atoms with Gasteiger partial charge in [-0.3, -0.25) is 8.75 Å². The summed E-state index contributed by atoms with van der Waals surface area (Å²) in [6.45, 7) is 0. The molecule has 0 atom stereocenters. The summed E-state index contributed by atoms with van der Waals surface area (Å²) in [6, 6.07) is 1.40. The van der Waals surface area contributed by atoms with Crippen molar-refractivity contribution in [2.75, 3.05) is 0 Å². The van der Waals surface area contributed by atoms with E-state index in [1.807, 2.05) is 0 Å². The Hall–Kier alpha value is 0.819. The molecule has 0 N–H and O–H groups in total. The second-order valence-electron chi connectivity index (χ2n) is 1.38. The molecular formula is C4H4Cl3CuNOS. The van der Waals surface area contributed by atoms with Gasteiger partial charge >= 0.3 is 17.1 Å². The van der Waals surface area contributed by atoms with E-state index in [9.17, 15) is 4.79 Å². The van der Waals surface area contributed by atoms with Crippen LogP contribution in [0.3, 0.4) is 0 Å². The number of hydrogen-bond donors (Lipinski definition) is 0. The molecule has 7 heteroatoms. The van der Waals surface area contributed by atoms with Crippen LogP contribution in [0.4, 0.5) is 0 Å². The Labute approximate surface area is 96.4 Å². The topological polar surface area (TPSA) is 22.0 Å². The fourth-order valence-electron chi connectivity index (χ4n) is 0.390.